The van der Waals surface area contributed by atoms with Gasteiger partial charge in [0.05, 0.1) is 13.2 Å². The number of carbonyl (C=O) groups is 1. The molecule has 0 bridgehead atoms. The molecule has 0 fully saturated rings. The van der Waals surface area contributed by atoms with Gasteiger partial charge in [0.15, 0.2) is 6.35 Å². The van der Waals surface area contributed by atoms with Crippen molar-refractivity contribution in [2.45, 2.75) is 20.0 Å². The second-order valence-electron chi connectivity index (χ2n) is 4.64. The molecule has 0 aliphatic heterocycles. The van der Waals surface area contributed by atoms with E-state index in [1.54, 1.807) is 13.8 Å². The Balaban J connectivity index is 2.89. The lowest BCUT2D eigenvalue weighted by Crippen LogP contribution is -2.20. The van der Waals surface area contributed by atoms with Crippen LogP contribution in [-0.4, -0.2) is 36.6 Å². The average Bonchev–Trinajstić information content (AvgIpc) is 2.53. The van der Waals surface area contributed by atoms with E-state index in [0.29, 0.717) is 0 Å². The maximum atomic E-state index is 12.3. The first-order valence-electron chi connectivity index (χ1n) is 7.24. The normalized spacial score (nSPS) is 12.9. The molecule has 6 nitrogen and oxygen atoms in total. The number of ketones is 1. The maximum Gasteiger partial charge on any atom is 0.454 e. The first-order chi connectivity index (χ1) is 11.6. The van der Waals surface area contributed by atoms with Gasteiger partial charge in [0.2, 0.25) is 0 Å². The van der Waals surface area contributed by atoms with Crippen molar-refractivity contribution in [3.63, 3.8) is 0 Å². The zero-order chi connectivity index (χ0) is 19.1. The lowest BCUT2D eigenvalue weighted by atomic mass is 10.1. The lowest BCUT2D eigenvalue weighted by molar-refractivity contribution is -0.165. The van der Waals surface area contributed by atoms with E-state index in [9.17, 15) is 27.6 Å². The van der Waals surface area contributed by atoms with E-state index in [1.807, 2.05) is 0 Å². The third-order valence-corrected chi connectivity index (χ3v) is 4.47. The Morgan fingerprint density at radius 2 is 1.84 bits per heavy atom. The Morgan fingerprint density at radius 3 is 2.36 bits per heavy atom. The van der Waals surface area contributed by atoms with Crippen LogP contribution in [-0.2, 0) is 18.4 Å². The summed E-state index contributed by atoms with van der Waals surface area (Å²) in [7, 11) is -3.47. The van der Waals surface area contributed by atoms with Gasteiger partial charge in [0, 0.05) is 11.6 Å². The van der Waals surface area contributed by atoms with Crippen LogP contribution >= 0.6 is 7.60 Å². The van der Waals surface area contributed by atoms with Gasteiger partial charge < -0.3 is 18.9 Å². The van der Waals surface area contributed by atoms with Gasteiger partial charge in [-0.2, -0.15) is 13.2 Å². The molecule has 0 unspecified atom stereocenters. The molecule has 1 aromatic rings. The Morgan fingerprint density at radius 1 is 1.24 bits per heavy atom. The number of carbonyl (C=O) groups excluding carboxylic acids is 1. The molecule has 25 heavy (non-hydrogen) atoms. The molecule has 0 atom stereocenters. The number of hydrogen-bond donors (Lipinski definition) is 1. The van der Waals surface area contributed by atoms with Crippen LogP contribution in [0, 0.1) is 0 Å². The molecule has 0 spiro atoms. The number of allylic oxidation sites excluding steroid dienone is 1. The fourth-order valence-corrected chi connectivity index (χ4v) is 3.01. The summed E-state index contributed by atoms with van der Waals surface area (Å²) in [5, 5.41) is 9.66. The fraction of sp³-hybridized carbons (Fsp3) is 0.400. The molecular formula is C15H18F3O6P. The predicted molar refractivity (Wildman–Crippen MR) is 84.5 cm³/mol. The minimum atomic E-state index is -5.08. The van der Waals surface area contributed by atoms with Crippen LogP contribution in [0.5, 0.6) is 5.75 Å². The molecule has 0 saturated heterocycles. The highest BCUT2D eigenvalue weighted by molar-refractivity contribution is 7.53. The summed E-state index contributed by atoms with van der Waals surface area (Å²) in [6.07, 6.45) is -5.42. The summed E-state index contributed by atoms with van der Waals surface area (Å²) in [4.78, 5) is 10.9. The van der Waals surface area contributed by atoms with Crippen molar-refractivity contribution in [1.29, 1.82) is 0 Å². The van der Waals surface area contributed by atoms with Crippen LogP contribution in [0.2, 0.25) is 0 Å². The molecule has 1 N–H and O–H groups in total. The van der Waals surface area contributed by atoms with Crippen molar-refractivity contribution in [3.8, 4) is 5.75 Å². The van der Waals surface area contributed by atoms with Crippen LogP contribution in [0.15, 0.2) is 30.3 Å². The van der Waals surface area contributed by atoms with E-state index in [-0.39, 0.29) is 30.6 Å². The SMILES string of the molecule is CCOP(=O)(COc1cccc(/C(O)=C/C(=O)C(F)(F)F)c1)OCC. The maximum absolute atomic E-state index is 12.3. The smallest absolute Gasteiger partial charge is 0.454 e. The number of halogens is 3. The summed E-state index contributed by atoms with van der Waals surface area (Å²) in [6.45, 7) is 3.55. The molecular weight excluding hydrogens is 364 g/mol. The van der Waals surface area contributed by atoms with Crippen molar-refractivity contribution in [2.75, 3.05) is 19.6 Å². The Labute approximate surface area is 142 Å². The lowest BCUT2D eigenvalue weighted by Gasteiger charge is -2.17. The number of hydrogen-bond acceptors (Lipinski definition) is 6. The summed E-state index contributed by atoms with van der Waals surface area (Å²) in [6, 6.07) is 5.30. The average molecular weight is 382 g/mol. The standard InChI is InChI=1S/C15H18F3O6P/c1-3-23-25(21,24-4-2)10-22-12-7-5-6-11(8-12)13(19)9-14(20)15(16,17)18/h5-9,19H,3-4,10H2,1-2H3/b13-9-. The quantitative estimate of drug-likeness (QED) is 0.389. The minimum Gasteiger partial charge on any atom is -0.507 e. The van der Waals surface area contributed by atoms with E-state index in [0.717, 1.165) is 0 Å². The van der Waals surface area contributed by atoms with Crippen molar-refractivity contribution >= 4 is 19.1 Å². The van der Waals surface area contributed by atoms with Gasteiger partial charge in [-0.15, -0.1) is 0 Å². The van der Waals surface area contributed by atoms with Gasteiger partial charge in [0.1, 0.15) is 11.5 Å². The van der Waals surface area contributed by atoms with E-state index in [1.165, 1.54) is 24.3 Å². The van der Waals surface area contributed by atoms with Gasteiger partial charge in [0.25, 0.3) is 5.78 Å². The molecule has 0 amide bonds. The van der Waals surface area contributed by atoms with E-state index in [4.69, 9.17) is 13.8 Å². The zero-order valence-corrected chi connectivity index (χ0v) is 14.5. The molecule has 0 heterocycles. The summed E-state index contributed by atoms with van der Waals surface area (Å²) >= 11 is 0. The molecule has 140 valence electrons. The second-order valence-corrected chi connectivity index (χ2v) is 6.64. The number of rotatable bonds is 9. The molecule has 0 aromatic heterocycles. The number of alkyl halides is 3. The van der Waals surface area contributed by atoms with Crippen molar-refractivity contribution < 1.29 is 41.4 Å². The number of aliphatic hydroxyl groups excluding tert-OH is 1. The van der Waals surface area contributed by atoms with Gasteiger partial charge in [-0.05, 0) is 26.0 Å². The Bertz CT molecular complexity index is 661. The highest BCUT2D eigenvalue weighted by Crippen LogP contribution is 2.47. The summed E-state index contributed by atoms with van der Waals surface area (Å²) < 4.78 is 64.3. The minimum absolute atomic E-state index is 0.0715. The Kier molecular flexibility index (Phi) is 7.66. The third kappa shape index (κ3) is 6.89. The monoisotopic (exact) mass is 382 g/mol. The third-order valence-electron chi connectivity index (χ3n) is 2.72. The van der Waals surface area contributed by atoms with Crippen molar-refractivity contribution in [1.82, 2.24) is 0 Å². The topological polar surface area (TPSA) is 82.1 Å². The predicted octanol–water partition coefficient (Wildman–Crippen LogP) is 4.32. The number of benzene rings is 1. The summed E-state index contributed by atoms with van der Waals surface area (Å²) in [5.74, 6) is -2.95. The Hall–Kier alpha value is -1.83. The molecule has 0 radical (unpaired) electrons. The van der Waals surface area contributed by atoms with Crippen LogP contribution < -0.4 is 4.74 Å². The second kappa shape index (κ2) is 9.03. The van der Waals surface area contributed by atoms with Crippen molar-refractivity contribution in [2.24, 2.45) is 0 Å². The van der Waals surface area contributed by atoms with Gasteiger partial charge in [-0.1, -0.05) is 12.1 Å². The molecule has 0 aliphatic rings. The van der Waals surface area contributed by atoms with Crippen LogP contribution in [0.3, 0.4) is 0 Å². The van der Waals surface area contributed by atoms with E-state index < -0.39 is 31.7 Å². The zero-order valence-electron chi connectivity index (χ0n) is 13.6. The number of aliphatic hydroxyl groups is 1. The van der Waals surface area contributed by atoms with Gasteiger partial charge >= 0.3 is 13.8 Å². The fourth-order valence-electron chi connectivity index (χ4n) is 1.69. The molecule has 1 rings (SSSR count). The van der Waals surface area contributed by atoms with E-state index in [2.05, 4.69) is 0 Å². The van der Waals surface area contributed by atoms with Gasteiger partial charge in [-0.25, -0.2) is 0 Å². The van der Waals surface area contributed by atoms with Gasteiger partial charge in [-0.3, -0.25) is 9.36 Å². The van der Waals surface area contributed by atoms with E-state index >= 15 is 0 Å². The number of ether oxygens (including phenoxy) is 1. The van der Waals surface area contributed by atoms with Crippen LogP contribution in [0.1, 0.15) is 19.4 Å². The molecule has 1 aromatic carbocycles. The highest BCUT2D eigenvalue weighted by atomic mass is 31.2. The molecule has 0 saturated carbocycles. The van der Waals surface area contributed by atoms with Crippen LogP contribution in [0.4, 0.5) is 13.2 Å². The van der Waals surface area contributed by atoms with Crippen molar-refractivity contribution in [3.05, 3.63) is 35.9 Å². The first-order valence-corrected chi connectivity index (χ1v) is 8.97. The molecule has 10 heteroatoms. The largest absolute Gasteiger partial charge is 0.507 e. The molecule has 0 aliphatic carbocycles. The first kappa shape index (κ1) is 21.2. The summed E-state index contributed by atoms with van der Waals surface area (Å²) in [5.41, 5.74) is -0.0715. The van der Waals surface area contributed by atoms with Crippen LogP contribution in [0.25, 0.3) is 5.76 Å². The highest BCUT2D eigenvalue weighted by Gasteiger charge is 2.37.